The van der Waals surface area contributed by atoms with Crippen LogP contribution in [0.25, 0.3) is 0 Å². The maximum atomic E-state index is 11.9. The van der Waals surface area contributed by atoms with Gasteiger partial charge >= 0.3 is 5.97 Å². The van der Waals surface area contributed by atoms with Gasteiger partial charge in [0.25, 0.3) is 5.91 Å². The van der Waals surface area contributed by atoms with Crippen LogP contribution in [0.3, 0.4) is 0 Å². The van der Waals surface area contributed by atoms with Gasteiger partial charge in [0.05, 0.1) is 11.6 Å². The summed E-state index contributed by atoms with van der Waals surface area (Å²) in [7, 11) is 0. The van der Waals surface area contributed by atoms with Gasteiger partial charge in [0.1, 0.15) is 0 Å². The van der Waals surface area contributed by atoms with Crippen molar-refractivity contribution in [2.24, 2.45) is 0 Å². The summed E-state index contributed by atoms with van der Waals surface area (Å²) in [6, 6.07) is 14.7. The highest BCUT2D eigenvalue weighted by molar-refractivity contribution is 14.1. The van der Waals surface area contributed by atoms with E-state index in [1.807, 2.05) is 50.2 Å². The number of hydrogen-bond donors (Lipinski definition) is 1. The molecule has 1 unspecified atom stereocenters. The Morgan fingerprint density at radius 3 is 2.43 bits per heavy atom. The Morgan fingerprint density at radius 2 is 1.78 bits per heavy atom. The first-order valence-corrected chi connectivity index (χ1v) is 8.33. The van der Waals surface area contributed by atoms with Crippen LogP contribution in [-0.2, 0) is 9.53 Å². The van der Waals surface area contributed by atoms with Crippen LogP contribution in [0.15, 0.2) is 48.5 Å². The van der Waals surface area contributed by atoms with E-state index < -0.39 is 5.97 Å². The SMILES string of the molecule is Cc1ccccc1C(C)NC(=O)COC(=O)c1ccc(I)cc1. The number of nitrogens with one attached hydrogen (secondary N) is 1. The average Bonchev–Trinajstić information content (AvgIpc) is 2.53. The van der Waals surface area contributed by atoms with Gasteiger partial charge in [-0.15, -0.1) is 0 Å². The van der Waals surface area contributed by atoms with Crippen LogP contribution in [0.1, 0.15) is 34.5 Å². The Balaban J connectivity index is 1.86. The fourth-order valence-electron chi connectivity index (χ4n) is 2.23. The average molecular weight is 423 g/mol. The van der Waals surface area contributed by atoms with Gasteiger partial charge in [-0.25, -0.2) is 4.79 Å². The van der Waals surface area contributed by atoms with Crippen LogP contribution in [0.4, 0.5) is 0 Å². The number of rotatable bonds is 5. The molecule has 0 saturated heterocycles. The zero-order chi connectivity index (χ0) is 16.8. The highest BCUT2D eigenvalue weighted by Gasteiger charge is 2.14. The molecule has 0 saturated carbocycles. The highest BCUT2D eigenvalue weighted by atomic mass is 127. The number of carbonyl (C=O) groups is 2. The van der Waals surface area contributed by atoms with Gasteiger partial charge in [0.15, 0.2) is 6.61 Å². The number of esters is 1. The minimum atomic E-state index is -0.500. The Hall–Kier alpha value is -1.89. The van der Waals surface area contributed by atoms with Gasteiger partial charge < -0.3 is 10.1 Å². The van der Waals surface area contributed by atoms with E-state index in [4.69, 9.17) is 4.74 Å². The van der Waals surface area contributed by atoms with Gasteiger partial charge in [-0.05, 0) is 71.8 Å². The quantitative estimate of drug-likeness (QED) is 0.591. The van der Waals surface area contributed by atoms with Crippen molar-refractivity contribution in [1.82, 2.24) is 5.32 Å². The molecule has 1 atom stereocenters. The van der Waals surface area contributed by atoms with E-state index in [0.717, 1.165) is 14.7 Å². The van der Waals surface area contributed by atoms with Gasteiger partial charge in [0.2, 0.25) is 0 Å². The Bertz CT molecular complexity index is 698. The van der Waals surface area contributed by atoms with Crippen molar-refractivity contribution >= 4 is 34.5 Å². The molecule has 0 aromatic heterocycles. The number of hydrogen-bond acceptors (Lipinski definition) is 3. The predicted octanol–water partition coefficient (Wildman–Crippen LogP) is 3.63. The lowest BCUT2D eigenvalue weighted by Gasteiger charge is -2.16. The maximum Gasteiger partial charge on any atom is 0.338 e. The topological polar surface area (TPSA) is 55.4 Å². The van der Waals surface area contributed by atoms with E-state index >= 15 is 0 Å². The van der Waals surface area contributed by atoms with E-state index in [9.17, 15) is 9.59 Å². The molecule has 2 aromatic carbocycles. The maximum absolute atomic E-state index is 11.9. The monoisotopic (exact) mass is 423 g/mol. The Morgan fingerprint density at radius 1 is 1.13 bits per heavy atom. The van der Waals surface area contributed by atoms with Crippen LogP contribution in [0.5, 0.6) is 0 Å². The third-order valence-corrected chi connectivity index (χ3v) is 4.17. The standard InChI is InChI=1S/C18H18INO3/c1-12-5-3-4-6-16(12)13(2)20-17(21)11-23-18(22)14-7-9-15(19)10-8-14/h3-10,13H,11H2,1-2H3,(H,20,21). The summed E-state index contributed by atoms with van der Waals surface area (Å²) in [4.78, 5) is 23.8. The highest BCUT2D eigenvalue weighted by Crippen LogP contribution is 2.16. The molecule has 1 amide bonds. The molecule has 0 bridgehead atoms. The summed E-state index contributed by atoms with van der Waals surface area (Å²) in [6.07, 6.45) is 0. The molecule has 4 nitrogen and oxygen atoms in total. The molecule has 0 aliphatic heterocycles. The smallest absolute Gasteiger partial charge is 0.338 e. The van der Waals surface area contributed by atoms with E-state index in [2.05, 4.69) is 27.9 Å². The lowest BCUT2D eigenvalue weighted by molar-refractivity contribution is -0.124. The largest absolute Gasteiger partial charge is 0.452 e. The number of aryl methyl sites for hydroxylation is 1. The van der Waals surface area contributed by atoms with E-state index in [0.29, 0.717) is 5.56 Å². The molecular formula is C18H18INO3. The lowest BCUT2D eigenvalue weighted by atomic mass is 10.0. The first kappa shape index (κ1) is 17.5. The molecule has 1 N–H and O–H groups in total. The van der Waals surface area contributed by atoms with Gasteiger partial charge in [-0.1, -0.05) is 24.3 Å². The van der Waals surface area contributed by atoms with Crippen LogP contribution >= 0.6 is 22.6 Å². The lowest BCUT2D eigenvalue weighted by Crippen LogP contribution is -2.31. The van der Waals surface area contributed by atoms with E-state index in [1.54, 1.807) is 12.1 Å². The van der Waals surface area contributed by atoms with Gasteiger partial charge in [-0.2, -0.15) is 0 Å². The molecule has 0 fully saturated rings. The third kappa shape index (κ3) is 5.06. The van der Waals surface area contributed by atoms with E-state index in [-0.39, 0.29) is 18.6 Å². The molecule has 0 aliphatic rings. The van der Waals surface area contributed by atoms with Crippen molar-refractivity contribution < 1.29 is 14.3 Å². The third-order valence-electron chi connectivity index (χ3n) is 3.45. The van der Waals surface area contributed by atoms with Crippen molar-refractivity contribution in [1.29, 1.82) is 0 Å². The number of amides is 1. The summed E-state index contributed by atoms with van der Waals surface area (Å²) in [5.74, 6) is -0.820. The van der Waals surface area contributed by atoms with Crippen molar-refractivity contribution in [2.75, 3.05) is 6.61 Å². The van der Waals surface area contributed by atoms with Crippen molar-refractivity contribution in [3.63, 3.8) is 0 Å². The molecule has 23 heavy (non-hydrogen) atoms. The predicted molar refractivity (Wildman–Crippen MR) is 97.2 cm³/mol. The Kier molecular flexibility index (Phi) is 6.15. The summed E-state index contributed by atoms with van der Waals surface area (Å²) in [5, 5.41) is 2.84. The molecule has 0 radical (unpaired) electrons. The Labute approximate surface area is 149 Å². The summed E-state index contributed by atoms with van der Waals surface area (Å²) in [5.41, 5.74) is 2.59. The molecule has 0 aliphatic carbocycles. The molecule has 2 rings (SSSR count). The molecular weight excluding hydrogens is 405 g/mol. The first-order valence-electron chi connectivity index (χ1n) is 7.25. The van der Waals surface area contributed by atoms with Crippen LogP contribution in [0, 0.1) is 10.5 Å². The van der Waals surface area contributed by atoms with Crippen LogP contribution < -0.4 is 5.32 Å². The molecule has 0 spiro atoms. The van der Waals surface area contributed by atoms with Crippen molar-refractivity contribution in [2.45, 2.75) is 19.9 Å². The van der Waals surface area contributed by atoms with Crippen LogP contribution in [-0.4, -0.2) is 18.5 Å². The zero-order valence-corrected chi connectivity index (χ0v) is 15.2. The minimum absolute atomic E-state index is 0.138. The second kappa shape index (κ2) is 8.10. The fraction of sp³-hybridized carbons (Fsp3) is 0.222. The van der Waals surface area contributed by atoms with Crippen molar-refractivity contribution in [3.8, 4) is 0 Å². The second-order valence-electron chi connectivity index (χ2n) is 5.23. The molecule has 0 heterocycles. The van der Waals surface area contributed by atoms with Gasteiger partial charge in [-0.3, -0.25) is 4.79 Å². The van der Waals surface area contributed by atoms with Gasteiger partial charge in [0, 0.05) is 3.57 Å². The zero-order valence-electron chi connectivity index (χ0n) is 13.0. The minimum Gasteiger partial charge on any atom is -0.452 e. The van der Waals surface area contributed by atoms with Crippen LogP contribution in [0.2, 0.25) is 0 Å². The number of carbonyl (C=O) groups excluding carboxylic acids is 2. The summed E-state index contributed by atoms with van der Waals surface area (Å²) < 4.78 is 6.07. The summed E-state index contributed by atoms with van der Waals surface area (Å²) >= 11 is 2.16. The number of ether oxygens (including phenoxy) is 1. The second-order valence-corrected chi connectivity index (χ2v) is 6.47. The summed E-state index contributed by atoms with van der Waals surface area (Å²) in [6.45, 7) is 3.61. The van der Waals surface area contributed by atoms with E-state index in [1.165, 1.54) is 0 Å². The normalized spacial score (nSPS) is 11.6. The number of halogens is 1. The molecule has 5 heteroatoms. The molecule has 120 valence electrons. The molecule has 2 aromatic rings. The number of benzene rings is 2. The fourth-order valence-corrected chi connectivity index (χ4v) is 2.59. The first-order chi connectivity index (χ1) is 11.0. The van der Waals surface area contributed by atoms with Crippen molar-refractivity contribution in [3.05, 3.63) is 68.8 Å².